The minimum atomic E-state index is -3.53. The summed E-state index contributed by atoms with van der Waals surface area (Å²) in [5, 5.41) is 0.360. The van der Waals surface area contributed by atoms with E-state index in [0.29, 0.717) is 24.7 Å². The van der Waals surface area contributed by atoms with Crippen molar-refractivity contribution in [2.24, 2.45) is 11.3 Å². The SMILES string of the molecule is CC1(C(=O)N2CC3CN(C(=O)c4cc(Cl)ccc4NS(C)(=O)=O)CC32)CCC1. The number of likely N-dealkylation sites (tertiary alicyclic amines) is 2. The molecular formula is C19H24ClN3O4S. The van der Waals surface area contributed by atoms with E-state index < -0.39 is 10.0 Å². The van der Waals surface area contributed by atoms with Crippen molar-refractivity contribution in [3.63, 3.8) is 0 Å². The van der Waals surface area contributed by atoms with Crippen molar-refractivity contribution in [1.29, 1.82) is 0 Å². The molecule has 2 saturated heterocycles. The van der Waals surface area contributed by atoms with Crippen molar-refractivity contribution in [2.75, 3.05) is 30.6 Å². The number of hydrogen-bond donors (Lipinski definition) is 1. The van der Waals surface area contributed by atoms with Gasteiger partial charge in [0.2, 0.25) is 15.9 Å². The Balaban J connectivity index is 1.50. The molecular weight excluding hydrogens is 402 g/mol. The zero-order chi connectivity index (χ0) is 20.3. The summed E-state index contributed by atoms with van der Waals surface area (Å²) in [6.07, 6.45) is 4.01. The van der Waals surface area contributed by atoms with Crippen molar-refractivity contribution in [1.82, 2.24) is 9.80 Å². The third kappa shape index (κ3) is 3.37. The van der Waals surface area contributed by atoms with Gasteiger partial charge in [-0.15, -0.1) is 0 Å². The minimum absolute atomic E-state index is 0.0550. The van der Waals surface area contributed by atoms with Crippen LogP contribution in [0.1, 0.15) is 36.5 Å². The summed E-state index contributed by atoms with van der Waals surface area (Å²) in [4.78, 5) is 29.5. The highest BCUT2D eigenvalue weighted by atomic mass is 35.5. The fourth-order valence-electron chi connectivity index (χ4n) is 4.46. The van der Waals surface area contributed by atoms with Crippen LogP contribution < -0.4 is 4.72 Å². The summed E-state index contributed by atoms with van der Waals surface area (Å²) >= 11 is 6.04. The van der Waals surface area contributed by atoms with Gasteiger partial charge in [0.1, 0.15) is 0 Å². The van der Waals surface area contributed by atoms with E-state index >= 15 is 0 Å². The fraction of sp³-hybridized carbons (Fsp3) is 0.579. The van der Waals surface area contributed by atoms with Crippen LogP contribution in [0, 0.1) is 11.3 Å². The van der Waals surface area contributed by atoms with E-state index in [1.807, 2.05) is 11.8 Å². The van der Waals surface area contributed by atoms with Gasteiger partial charge in [0, 0.05) is 36.0 Å². The number of nitrogens with zero attached hydrogens (tertiary/aromatic N) is 2. The first-order chi connectivity index (χ1) is 13.1. The van der Waals surface area contributed by atoms with Crippen LogP contribution in [0.5, 0.6) is 0 Å². The molecule has 28 heavy (non-hydrogen) atoms. The Morgan fingerprint density at radius 3 is 2.54 bits per heavy atom. The van der Waals surface area contributed by atoms with Gasteiger partial charge in [-0.05, 0) is 31.0 Å². The third-order valence-electron chi connectivity index (χ3n) is 6.27. The second-order valence-electron chi connectivity index (χ2n) is 8.47. The number of fused-ring (bicyclic) bond motifs is 1. The van der Waals surface area contributed by atoms with E-state index in [1.165, 1.54) is 12.1 Å². The molecule has 1 saturated carbocycles. The maximum Gasteiger partial charge on any atom is 0.256 e. The lowest BCUT2D eigenvalue weighted by atomic mass is 9.68. The van der Waals surface area contributed by atoms with E-state index in [2.05, 4.69) is 4.72 Å². The molecule has 0 bridgehead atoms. The van der Waals surface area contributed by atoms with Crippen LogP contribution in [0.4, 0.5) is 5.69 Å². The fourth-order valence-corrected chi connectivity index (χ4v) is 5.21. The van der Waals surface area contributed by atoms with Crippen LogP contribution in [-0.2, 0) is 14.8 Å². The summed E-state index contributed by atoms with van der Waals surface area (Å²) in [6, 6.07) is 4.57. The van der Waals surface area contributed by atoms with E-state index in [4.69, 9.17) is 11.6 Å². The van der Waals surface area contributed by atoms with Gasteiger partial charge in [-0.3, -0.25) is 14.3 Å². The number of rotatable bonds is 4. The highest BCUT2D eigenvalue weighted by Gasteiger charge is 2.53. The van der Waals surface area contributed by atoms with Gasteiger partial charge in [-0.1, -0.05) is 24.9 Å². The van der Waals surface area contributed by atoms with Gasteiger partial charge in [-0.2, -0.15) is 0 Å². The number of sulfonamides is 1. The molecule has 0 spiro atoms. The molecule has 7 nitrogen and oxygen atoms in total. The Morgan fingerprint density at radius 1 is 1.21 bits per heavy atom. The van der Waals surface area contributed by atoms with Gasteiger partial charge in [0.15, 0.2) is 0 Å². The van der Waals surface area contributed by atoms with Gasteiger partial charge in [-0.25, -0.2) is 8.42 Å². The first-order valence-electron chi connectivity index (χ1n) is 9.45. The summed E-state index contributed by atoms with van der Waals surface area (Å²) in [7, 11) is -3.53. The maximum atomic E-state index is 13.1. The summed E-state index contributed by atoms with van der Waals surface area (Å²) in [6.45, 7) is 3.75. The van der Waals surface area contributed by atoms with Gasteiger partial charge >= 0.3 is 0 Å². The molecule has 3 aliphatic rings. The molecule has 2 aliphatic heterocycles. The number of anilines is 1. The molecule has 0 aromatic heterocycles. The number of hydrogen-bond acceptors (Lipinski definition) is 4. The predicted molar refractivity (Wildman–Crippen MR) is 107 cm³/mol. The zero-order valence-electron chi connectivity index (χ0n) is 15.9. The van der Waals surface area contributed by atoms with E-state index in [9.17, 15) is 18.0 Å². The third-order valence-corrected chi connectivity index (χ3v) is 7.09. The number of amides is 2. The molecule has 1 aromatic carbocycles. The van der Waals surface area contributed by atoms with Crippen LogP contribution in [0.2, 0.25) is 5.02 Å². The predicted octanol–water partition coefficient (Wildman–Crippen LogP) is 2.18. The van der Waals surface area contributed by atoms with Crippen LogP contribution in [0.3, 0.4) is 0 Å². The summed E-state index contributed by atoms with van der Waals surface area (Å²) in [5.41, 5.74) is 0.205. The minimum Gasteiger partial charge on any atom is -0.337 e. The van der Waals surface area contributed by atoms with Crippen molar-refractivity contribution >= 4 is 39.1 Å². The quantitative estimate of drug-likeness (QED) is 0.801. The van der Waals surface area contributed by atoms with Gasteiger partial charge in [0.05, 0.1) is 23.5 Å². The Morgan fingerprint density at radius 2 is 1.93 bits per heavy atom. The second kappa shape index (κ2) is 6.62. The smallest absolute Gasteiger partial charge is 0.256 e. The molecule has 1 aromatic rings. The van der Waals surface area contributed by atoms with Crippen LogP contribution in [-0.4, -0.2) is 62.0 Å². The van der Waals surface area contributed by atoms with Crippen LogP contribution in [0.25, 0.3) is 0 Å². The molecule has 2 atom stereocenters. The van der Waals surface area contributed by atoms with E-state index in [0.717, 1.165) is 25.5 Å². The lowest BCUT2D eigenvalue weighted by Gasteiger charge is -2.50. The average Bonchev–Trinajstić information content (AvgIpc) is 2.89. The Labute approximate surface area is 170 Å². The molecule has 4 rings (SSSR count). The molecule has 1 aliphatic carbocycles. The van der Waals surface area contributed by atoms with Crippen molar-refractivity contribution in [2.45, 2.75) is 32.2 Å². The Hall–Kier alpha value is -1.80. The first kappa shape index (κ1) is 19.5. The number of carbonyl (C=O) groups is 2. The van der Waals surface area contributed by atoms with E-state index in [-0.39, 0.29) is 40.4 Å². The van der Waals surface area contributed by atoms with Crippen molar-refractivity contribution in [3.8, 4) is 0 Å². The number of benzene rings is 1. The maximum absolute atomic E-state index is 13.1. The standard InChI is InChI=1S/C19H24ClN3O4S/c1-19(6-3-7-19)18(25)23-10-12-9-22(11-16(12)23)17(24)14-8-13(20)4-5-15(14)21-28(2,26)27/h4-5,8,12,16,21H,3,6-7,9-11H2,1-2H3. The van der Waals surface area contributed by atoms with Gasteiger partial charge < -0.3 is 9.80 Å². The number of carbonyl (C=O) groups excluding carboxylic acids is 2. The zero-order valence-corrected chi connectivity index (χ0v) is 17.5. The molecule has 1 N–H and O–H groups in total. The molecule has 2 amide bonds. The molecule has 0 radical (unpaired) electrons. The molecule has 2 heterocycles. The topological polar surface area (TPSA) is 86.8 Å². The molecule has 2 unspecified atom stereocenters. The van der Waals surface area contributed by atoms with Crippen LogP contribution >= 0.6 is 11.6 Å². The average molecular weight is 426 g/mol. The van der Waals surface area contributed by atoms with E-state index in [1.54, 1.807) is 11.0 Å². The lowest BCUT2D eigenvalue weighted by molar-refractivity contribution is -0.156. The Bertz CT molecular complexity index is 944. The van der Waals surface area contributed by atoms with Crippen LogP contribution in [0.15, 0.2) is 18.2 Å². The monoisotopic (exact) mass is 425 g/mol. The number of nitrogens with one attached hydrogen (secondary N) is 1. The largest absolute Gasteiger partial charge is 0.337 e. The summed E-state index contributed by atoms with van der Waals surface area (Å²) in [5.74, 6) is 0.212. The second-order valence-corrected chi connectivity index (χ2v) is 10.7. The molecule has 9 heteroatoms. The molecule has 152 valence electrons. The highest BCUT2D eigenvalue weighted by molar-refractivity contribution is 7.92. The van der Waals surface area contributed by atoms with Gasteiger partial charge in [0.25, 0.3) is 5.91 Å². The summed E-state index contributed by atoms with van der Waals surface area (Å²) < 4.78 is 25.6. The normalized spacial score (nSPS) is 25.5. The number of halogens is 1. The van der Waals surface area contributed by atoms with Crippen molar-refractivity contribution < 1.29 is 18.0 Å². The first-order valence-corrected chi connectivity index (χ1v) is 11.7. The Kier molecular flexibility index (Phi) is 4.62. The van der Waals surface area contributed by atoms with Crippen molar-refractivity contribution in [3.05, 3.63) is 28.8 Å². The lowest BCUT2D eigenvalue weighted by Crippen LogP contribution is -2.62. The highest BCUT2D eigenvalue weighted by Crippen LogP contribution is 2.45. The molecule has 3 fully saturated rings.